The summed E-state index contributed by atoms with van der Waals surface area (Å²) in [6.07, 6.45) is 4.74. The van der Waals surface area contributed by atoms with Gasteiger partial charge in [0.25, 0.3) is 11.8 Å². The van der Waals surface area contributed by atoms with Crippen LogP contribution >= 0.6 is 11.6 Å². The van der Waals surface area contributed by atoms with E-state index in [2.05, 4.69) is 15.7 Å². The SMILES string of the molecule is O=C(NCc1cnn(-c2ccc(Cl)cc2)c1)c1cccc(NC(=O)C2CCCO2)c1. The van der Waals surface area contributed by atoms with Crippen LogP contribution in [0, 0.1) is 0 Å². The maximum atomic E-state index is 12.5. The Hall–Kier alpha value is -3.16. The van der Waals surface area contributed by atoms with Crippen LogP contribution in [0.5, 0.6) is 0 Å². The number of hydrogen-bond donors (Lipinski definition) is 2. The predicted octanol–water partition coefficient (Wildman–Crippen LogP) is 3.57. The summed E-state index contributed by atoms with van der Waals surface area (Å²) in [5, 5.41) is 10.7. The summed E-state index contributed by atoms with van der Waals surface area (Å²) < 4.78 is 7.11. The van der Waals surface area contributed by atoms with Gasteiger partial charge in [-0.25, -0.2) is 4.68 Å². The van der Waals surface area contributed by atoms with Gasteiger partial charge in [-0.2, -0.15) is 5.10 Å². The highest BCUT2D eigenvalue weighted by molar-refractivity contribution is 6.30. The topological polar surface area (TPSA) is 85.3 Å². The Morgan fingerprint density at radius 3 is 2.80 bits per heavy atom. The van der Waals surface area contributed by atoms with E-state index in [1.807, 2.05) is 18.3 Å². The average Bonchev–Trinajstić information content (AvgIpc) is 3.45. The lowest BCUT2D eigenvalue weighted by atomic mass is 10.1. The van der Waals surface area contributed by atoms with Crippen molar-refractivity contribution in [2.45, 2.75) is 25.5 Å². The van der Waals surface area contributed by atoms with E-state index in [9.17, 15) is 9.59 Å². The van der Waals surface area contributed by atoms with Crippen LogP contribution in [-0.4, -0.2) is 34.3 Å². The Bertz CT molecular complexity index is 1040. The van der Waals surface area contributed by atoms with Crippen molar-refractivity contribution in [2.24, 2.45) is 0 Å². The van der Waals surface area contributed by atoms with Crippen LogP contribution in [-0.2, 0) is 16.1 Å². The number of rotatable bonds is 6. The lowest BCUT2D eigenvalue weighted by molar-refractivity contribution is -0.124. The largest absolute Gasteiger partial charge is 0.368 e. The Morgan fingerprint density at radius 1 is 1.20 bits per heavy atom. The molecule has 2 N–H and O–H groups in total. The summed E-state index contributed by atoms with van der Waals surface area (Å²) in [7, 11) is 0. The third-order valence-electron chi connectivity index (χ3n) is 4.79. The standard InChI is InChI=1S/C22H21ClN4O3/c23-17-6-8-19(9-7-17)27-14-15(13-25-27)12-24-21(28)16-3-1-4-18(11-16)26-22(29)20-5-2-10-30-20/h1,3-4,6-9,11,13-14,20H,2,5,10,12H2,(H,24,28)(H,26,29). The fraction of sp³-hybridized carbons (Fsp3) is 0.227. The third-order valence-corrected chi connectivity index (χ3v) is 5.05. The lowest BCUT2D eigenvalue weighted by Gasteiger charge is -2.11. The van der Waals surface area contributed by atoms with Crippen LogP contribution in [0.4, 0.5) is 5.69 Å². The van der Waals surface area contributed by atoms with Crippen LogP contribution in [0.15, 0.2) is 60.9 Å². The number of nitrogens with zero attached hydrogens (tertiary/aromatic N) is 2. The van der Waals surface area contributed by atoms with E-state index in [0.717, 1.165) is 24.1 Å². The monoisotopic (exact) mass is 424 g/mol. The number of nitrogens with one attached hydrogen (secondary N) is 2. The van der Waals surface area contributed by atoms with Crippen molar-refractivity contribution < 1.29 is 14.3 Å². The van der Waals surface area contributed by atoms with Crippen LogP contribution in [0.2, 0.25) is 5.02 Å². The van der Waals surface area contributed by atoms with Gasteiger partial charge in [-0.15, -0.1) is 0 Å². The van der Waals surface area contributed by atoms with Gasteiger partial charge in [0.15, 0.2) is 0 Å². The van der Waals surface area contributed by atoms with Crippen molar-refractivity contribution in [1.29, 1.82) is 0 Å². The number of carbonyl (C=O) groups is 2. The molecule has 1 fully saturated rings. The molecule has 154 valence electrons. The van der Waals surface area contributed by atoms with Crippen molar-refractivity contribution in [2.75, 3.05) is 11.9 Å². The van der Waals surface area contributed by atoms with Crippen molar-refractivity contribution in [3.63, 3.8) is 0 Å². The maximum Gasteiger partial charge on any atom is 0.253 e. The summed E-state index contributed by atoms with van der Waals surface area (Å²) in [5.41, 5.74) is 2.77. The second kappa shape index (κ2) is 9.11. The summed E-state index contributed by atoms with van der Waals surface area (Å²) in [4.78, 5) is 24.7. The van der Waals surface area contributed by atoms with Crippen LogP contribution in [0.3, 0.4) is 0 Å². The fourth-order valence-corrected chi connectivity index (χ4v) is 3.34. The summed E-state index contributed by atoms with van der Waals surface area (Å²) >= 11 is 5.91. The molecular formula is C22H21ClN4O3. The summed E-state index contributed by atoms with van der Waals surface area (Å²) in [6.45, 7) is 0.939. The summed E-state index contributed by atoms with van der Waals surface area (Å²) in [6, 6.07) is 14.2. The van der Waals surface area contributed by atoms with E-state index in [1.165, 1.54) is 0 Å². The van der Waals surface area contributed by atoms with E-state index in [4.69, 9.17) is 16.3 Å². The molecule has 8 heteroatoms. The molecule has 7 nitrogen and oxygen atoms in total. The van der Waals surface area contributed by atoms with Gasteiger partial charge in [0.05, 0.1) is 11.9 Å². The molecule has 0 aliphatic carbocycles. The van der Waals surface area contributed by atoms with Crippen molar-refractivity contribution in [3.05, 3.63) is 77.1 Å². The number of benzene rings is 2. The Labute approximate surface area is 179 Å². The molecule has 30 heavy (non-hydrogen) atoms. The lowest BCUT2D eigenvalue weighted by Crippen LogP contribution is -2.27. The molecule has 4 rings (SSSR count). The second-order valence-corrected chi connectivity index (χ2v) is 7.46. The molecule has 1 atom stereocenters. The molecule has 0 radical (unpaired) electrons. The highest BCUT2D eigenvalue weighted by atomic mass is 35.5. The van der Waals surface area contributed by atoms with Crippen LogP contribution < -0.4 is 10.6 Å². The first-order valence-corrected chi connectivity index (χ1v) is 10.1. The molecular weight excluding hydrogens is 404 g/mol. The minimum Gasteiger partial charge on any atom is -0.368 e. The molecule has 0 bridgehead atoms. The number of carbonyl (C=O) groups excluding carboxylic acids is 2. The number of aromatic nitrogens is 2. The van der Waals surface area contributed by atoms with Gasteiger partial charge >= 0.3 is 0 Å². The normalized spacial score (nSPS) is 15.7. The predicted molar refractivity (Wildman–Crippen MR) is 114 cm³/mol. The Balaban J connectivity index is 1.35. The van der Waals surface area contributed by atoms with Crippen molar-refractivity contribution >= 4 is 29.1 Å². The zero-order valence-electron chi connectivity index (χ0n) is 16.2. The maximum absolute atomic E-state index is 12.5. The molecule has 2 aromatic carbocycles. The first-order valence-electron chi connectivity index (χ1n) is 9.69. The molecule has 0 saturated carbocycles. The van der Waals surface area contributed by atoms with Crippen molar-refractivity contribution in [3.8, 4) is 5.69 Å². The summed E-state index contributed by atoms with van der Waals surface area (Å²) in [5.74, 6) is -0.415. The van der Waals surface area contributed by atoms with E-state index in [0.29, 0.717) is 29.4 Å². The molecule has 1 unspecified atom stereocenters. The molecule has 1 aliphatic heterocycles. The first kappa shape index (κ1) is 20.1. The van der Waals surface area contributed by atoms with Gasteiger partial charge < -0.3 is 15.4 Å². The number of anilines is 1. The fourth-order valence-electron chi connectivity index (χ4n) is 3.22. The highest BCUT2D eigenvalue weighted by Crippen LogP contribution is 2.17. The smallest absolute Gasteiger partial charge is 0.253 e. The molecule has 0 spiro atoms. The number of hydrogen-bond acceptors (Lipinski definition) is 4. The molecule has 1 saturated heterocycles. The molecule has 1 aromatic heterocycles. The second-order valence-electron chi connectivity index (χ2n) is 7.02. The van der Waals surface area contributed by atoms with E-state index >= 15 is 0 Å². The molecule has 2 amide bonds. The number of ether oxygens (including phenoxy) is 1. The quantitative estimate of drug-likeness (QED) is 0.633. The van der Waals surface area contributed by atoms with Crippen LogP contribution in [0.1, 0.15) is 28.8 Å². The number of amides is 2. The minimum atomic E-state index is -0.417. The molecule has 1 aliphatic rings. The third kappa shape index (κ3) is 4.87. The van der Waals surface area contributed by atoms with Gasteiger partial charge in [-0.3, -0.25) is 9.59 Å². The first-order chi connectivity index (χ1) is 14.6. The van der Waals surface area contributed by atoms with Gasteiger partial charge in [-0.05, 0) is 55.3 Å². The van der Waals surface area contributed by atoms with Gasteiger partial charge in [0.1, 0.15) is 6.10 Å². The Kier molecular flexibility index (Phi) is 6.11. The van der Waals surface area contributed by atoms with Gasteiger partial charge in [0.2, 0.25) is 0 Å². The van der Waals surface area contributed by atoms with Crippen LogP contribution in [0.25, 0.3) is 5.69 Å². The van der Waals surface area contributed by atoms with Gasteiger partial charge in [0, 0.05) is 41.2 Å². The zero-order valence-corrected chi connectivity index (χ0v) is 16.9. The highest BCUT2D eigenvalue weighted by Gasteiger charge is 2.23. The molecule has 3 aromatic rings. The number of halogens is 1. The van der Waals surface area contributed by atoms with Gasteiger partial charge in [-0.1, -0.05) is 17.7 Å². The van der Waals surface area contributed by atoms with E-state index in [1.54, 1.807) is 47.3 Å². The zero-order chi connectivity index (χ0) is 20.9. The Morgan fingerprint density at radius 2 is 2.03 bits per heavy atom. The minimum absolute atomic E-state index is 0.181. The van der Waals surface area contributed by atoms with E-state index < -0.39 is 6.10 Å². The van der Waals surface area contributed by atoms with Crippen molar-refractivity contribution in [1.82, 2.24) is 15.1 Å². The molecule has 2 heterocycles. The average molecular weight is 425 g/mol. The van der Waals surface area contributed by atoms with E-state index in [-0.39, 0.29) is 11.8 Å².